The van der Waals surface area contributed by atoms with Crippen LogP contribution in [0, 0.1) is 13.8 Å². The highest BCUT2D eigenvalue weighted by atomic mass is 33.7. The topological polar surface area (TPSA) is 30.9 Å². The summed E-state index contributed by atoms with van der Waals surface area (Å²) in [6.45, 7) is 11.3. The maximum Gasteiger partial charge on any atom is 0.737 e. The van der Waals surface area contributed by atoms with Crippen LogP contribution in [0.15, 0.2) is 18.2 Å². The zero-order valence-electron chi connectivity index (χ0n) is 36.2. The predicted molar refractivity (Wildman–Crippen MR) is 251 cm³/mol. The Balaban J connectivity index is 0.000000745. The van der Waals surface area contributed by atoms with Crippen molar-refractivity contribution in [3.05, 3.63) is 29.3 Å². The van der Waals surface area contributed by atoms with Crippen molar-refractivity contribution in [1.29, 1.82) is 0 Å². The summed E-state index contributed by atoms with van der Waals surface area (Å²) in [5.41, 5.74) is 2.29. The van der Waals surface area contributed by atoms with Crippen molar-refractivity contribution >= 4 is 49.1 Å². The Kier molecular flexibility index (Phi) is 40.3. The van der Waals surface area contributed by atoms with Crippen LogP contribution in [0.1, 0.15) is 230 Å². The summed E-state index contributed by atoms with van der Waals surface area (Å²) in [7, 11) is 4.69. The number of rotatable bonds is 36. The van der Waals surface area contributed by atoms with Crippen LogP contribution >= 0.6 is 41.8 Å². The first-order valence-corrected chi connectivity index (χ1v) is 27.6. The SMILES string of the molecule is CCCCCCCCCCCCCCCCCCN(C)CCCCCCCCCCCCCCCCCC.Cc1ccc(OB2OSSSSO2)c(C)c1. The van der Waals surface area contributed by atoms with Crippen molar-refractivity contribution in [3.63, 3.8) is 0 Å². The van der Waals surface area contributed by atoms with Crippen molar-refractivity contribution in [2.45, 2.75) is 233 Å². The lowest BCUT2D eigenvalue weighted by Crippen LogP contribution is -2.24. The monoisotopic (exact) mass is 828 g/mol. The normalized spacial score (nSPS) is 13.3. The van der Waals surface area contributed by atoms with E-state index >= 15 is 0 Å². The van der Waals surface area contributed by atoms with Crippen LogP contribution in [0.2, 0.25) is 0 Å². The highest BCUT2D eigenvalue weighted by molar-refractivity contribution is 9.25. The fourth-order valence-corrected chi connectivity index (χ4v) is 10.5. The molecule has 9 heteroatoms. The Morgan fingerprint density at radius 1 is 0.481 bits per heavy atom. The van der Waals surface area contributed by atoms with Gasteiger partial charge >= 0.3 is 7.32 Å². The van der Waals surface area contributed by atoms with Crippen LogP contribution in [-0.2, 0) is 8.20 Å². The van der Waals surface area contributed by atoms with E-state index in [0.717, 1.165) is 11.3 Å². The molecule has 0 spiro atoms. The van der Waals surface area contributed by atoms with Gasteiger partial charge in [-0.05, 0) is 58.5 Å². The molecule has 1 fully saturated rings. The quantitative estimate of drug-likeness (QED) is 0.0286. The van der Waals surface area contributed by atoms with Gasteiger partial charge in [-0.2, -0.15) is 0 Å². The van der Waals surface area contributed by atoms with Crippen LogP contribution < -0.4 is 4.65 Å². The molecule has 54 heavy (non-hydrogen) atoms. The van der Waals surface area contributed by atoms with E-state index in [-0.39, 0.29) is 0 Å². The third-order valence-corrected chi connectivity index (χ3v) is 15.3. The summed E-state index contributed by atoms with van der Waals surface area (Å²) in [5, 5.41) is 0. The minimum absolute atomic E-state index is 0.668. The number of aryl methyl sites for hydroxylation is 2. The van der Waals surface area contributed by atoms with Crippen LogP contribution in [0.5, 0.6) is 5.75 Å². The van der Waals surface area contributed by atoms with Gasteiger partial charge in [-0.3, -0.25) is 8.20 Å². The zero-order valence-corrected chi connectivity index (χ0v) is 39.4. The third kappa shape index (κ3) is 35.5. The van der Waals surface area contributed by atoms with Gasteiger partial charge in [0.2, 0.25) is 0 Å². The lowest BCUT2D eigenvalue weighted by Gasteiger charge is -2.16. The summed E-state index contributed by atoms with van der Waals surface area (Å²) >= 11 is 2.52. The molecule has 1 heterocycles. The smallest absolute Gasteiger partial charge is 0.510 e. The Bertz CT molecular complexity index is 874. The molecule has 0 saturated carbocycles. The van der Waals surface area contributed by atoms with E-state index in [1.165, 1.54) is 266 Å². The number of nitrogens with zero attached hydrogens (tertiary/aromatic N) is 1. The second kappa shape index (κ2) is 41.5. The standard InChI is InChI=1S/C37H77N.C8H9BO3S4/c1-4-6-8-10-12-14-16-18-20-22-24-26-28-30-32-34-36-38(3)37-35-33-31-29-27-25-23-21-19-17-15-13-11-9-7-5-2;1-6-3-4-8(7(2)5-6)10-9-11-13-15-16-14-12-9/h4-37H2,1-3H3;3-5H,1-2H3. The summed E-state index contributed by atoms with van der Waals surface area (Å²) in [4.78, 5) is 2.59. The number of hydrogen-bond donors (Lipinski definition) is 0. The predicted octanol–water partition coefficient (Wildman–Crippen LogP) is 17.7. The largest absolute Gasteiger partial charge is 0.737 e. The zero-order chi connectivity index (χ0) is 39.0. The molecule has 0 atom stereocenters. The second-order valence-corrected chi connectivity index (χ2v) is 21.1. The number of hydrogen-bond acceptors (Lipinski definition) is 8. The first-order valence-electron chi connectivity index (χ1n) is 23.0. The molecule has 2 rings (SSSR count). The highest BCUT2D eigenvalue weighted by Crippen LogP contribution is 2.47. The van der Waals surface area contributed by atoms with Crippen LogP contribution in [-0.4, -0.2) is 32.4 Å². The highest BCUT2D eigenvalue weighted by Gasteiger charge is 2.29. The minimum Gasteiger partial charge on any atom is -0.510 e. The minimum atomic E-state index is -0.668. The van der Waals surface area contributed by atoms with E-state index in [2.05, 4.69) is 38.8 Å². The Hall–Kier alpha value is 0.365. The van der Waals surface area contributed by atoms with E-state index in [9.17, 15) is 0 Å². The maximum absolute atomic E-state index is 5.61. The molecule has 1 saturated heterocycles. The summed E-state index contributed by atoms with van der Waals surface area (Å²) < 4.78 is 16.2. The maximum atomic E-state index is 5.61. The first-order chi connectivity index (χ1) is 26.6. The van der Waals surface area contributed by atoms with Gasteiger partial charge in [-0.1, -0.05) is 224 Å². The molecule has 0 N–H and O–H groups in total. The average molecular weight is 828 g/mol. The molecule has 1 aliphatic heterocycles. The van der Waals surface area contributed by atoms with Gasteiger partial charge in [-0.25, -0.2) is 0 Å². The van der Waals surface area contributed by atoms with Gasteiger partial charge in [-0.15, -0.1) is 0 Å². The molecule has 0 unspecified atom stereocenters. The van der Waals surface area contributed by atoms with Crippen molar-refractivity contribution in [3.8, 4) is 5.75 Å². The van der Waals surface area contributed by atoms with Gasteiger partial charge in [0.05, 0.1) is 22.1 Å². The Morgan fingerprint density at radius 3 is 1.11 bits per heavy atom. The van der Waals surface area contributed by atoms with E-state index in [1.54, 1.807) is 0 Å². The molecular formula is C45H86BNO3S4. The van der Waals surface area contributed by atoms with Gasteiger partial charge in [0, 0.05) is 19.7 Å². The first kappa shape index (κ1) is 52.4. The molecular weight excluding hydrogens is 742 g/mol. The number of benzene rings is 1. The lowest BCUT2D eigenvalue weighted by atomic mass is 10.0. The van der Waals surface area contributed by atoms with E-state index in [1.807, 2.05) is 19.1 Å². The molecule has 0 radical (unpaired) electrons. The molecule has 1 aromatic carbocycles. The van der Waals surface area contributed by atoms with E-state index < -0.39 is 7.32 Å². The van der Waals surface area contributed by atoms with E-state index in [0.29, 0.717) is 0 Å². The summed E-state index contributed by atoms with van der Waals surface area (Å²) in [6.07, 6.45) is 46.8. The van der Waals surface area contributed by atoms with Gasteiger partial charge in [0.25, 0.3) is 0 Å². The third-order valence-electron chi connectivity index (χ3n) is 10.7. The van der Waals surface area contributed by atoms with Gasteiger partial charge in [0.15, 0.2) is 0 Å². The molecule has 0 bridgehead atoms. The van der Waals surface area contributed by atoms with Gasteiger partial charge in [0.1, 0.15) is 5.75 Å². The number of unbranched alkanes of at least 4 members (excludes halogenated alkanes) is 30. The molecule has 4 nitrogen and oxygen atoms in total. The van der Waals surface area contributed by atoms with Crippen LogP contribution in [0.3, 0.4) is 0 Å². The van der Waals surface area contributed by atoms with Crippen molar-refractivity contribution in [2.75, 3.05) is 20.1 Å². The summed E-state index contributed by atoms with van der Waals surface area (Å²) in [6, 6.07) is 6.00. The van der Waals surface area contributed by atoms with Crippen molar-refractivity contribution in [1.82, 2.24) is 4.90 Å². The molecule has 1 aliphatic rings. The molecule has 0 amide bonds. The Labute approximate surface area is 353 Å². The Morgan fingerprint density at radius 2 is 0.796 bits per heavy atom. The van der Waals surface area contributed by atoms with Crippen molar-refractivity contribution < 1.29 is 12.9 Å². The summed E-state index contributed by atoms with van der Waals surface area (Å²) in [5.74, 6) is 0.786. The van der Waals surface area contributed by atoms with Crippen LogP contribution in [0.4, 0.5) is 0 Å². The van der Waals surface area contributed by atoms with Crippen LogP contribution in [0.25, 0.3) is 0 Å². The average Bonchev–Trinajstić information content (AvgIpc) is 3.44. The molecule has 0 aromatic heterocycles. The fourth-order valence-electron chi connectivity index (χ4n) is 7.18. The fraction of sp³-hybridized carbons (Fsp3) is 0.867. The molecule has 0 aliphatic carbocycles. The van der Waals surface area contributed by atoms with E-state index in [4.69, 9.17) is 12.9 Å². The van der Waals surface area contributed by atoms with Gasteiger partial charge < -0.3 is 9.55 Å². The lowest BCUT2D eigenvalue weighted by molar-refractivity contribution is 0.314. The van der Waals surface area contributed by atoms with Crippen molar-refractivity contribution in [2.24, 2.45) is 0 Å². The molecule has 1 aromatic rings. The second-order valence-electron chi connectivity index (χ2n) is 16.0. The molecule has 316 valence electrons.